The highest BCUT2D eigenvalue weighted by Crippen LogP contribution is 2.50. The van der Waals surface area contributed by atoms with Gasteiger partial charge in [0.05, 0.1) is 12.5 Å². The Bertz CT molecular complexity index is 246. The van der Waals surface area contributed by atoms with Crippen LogP contribution in [0.5, 0.6) is 0 Å². The van der Waals surface area contributed by atoms with E-state index in [4.69, 9.17) is 4.74 Å². The van der Waals surface area contributed by atoms with Crippen LogP contribution >= 0.6 is 0 Å². The fraction of sp³-hybridized carbons (Fsp3) is 0.917. The van der Waals surface area contributed by atoms with E-state index in [1.165, 1.54) is 13.5 Å². The van der Waals surface area contributed by atoms with E-state index < -0.39 is 5.41 Å². The summed E-state index contributed by atoms with van der Waals surface area (Å²) in [6, 6.07) is 0. The van der Waals surface area contributed by atoms with Gasteiger partial charge in [-0.15, -0.1) is 0 Å². The van der Waals surface area contributed by atoms with Gasteiger partial charge in [0.1, 0.15) is 0 Å². The largest absolute Gasteiger partial charge is 0.469 e. The molecule has 3 heteroatoms. The van der Waals surface area contributed by atoms with Crippen LogP contribution in [-0.4, -0.2) is 26.2 Å². The molecule has 1 unspecified atom stereocenters. The van der Waals surface area contributed by atoms with Gasteiger partial charge in [-0.05, 0) is 38.1 Å². The summed E-state index contributed by atoms with van der Waals surface area (Å²) in [6.45, 7) is 10.1. The van der Waals surface area contributed by atoms with Crippen molar-refractivity contribution < 1.29 is 9.53 Å². The maximum Gasteiger partial charge on any atom is 0.312 e. The first-order valence-electron chi connectivity index (χ1n) is 5.59. The van der Waals surface area contributed by atoms with Crippen LogP contribution < -0.4 is 5.32 Å². The number of methoxy groups -OCH3 is 1. The fourth-order valence-corrected chi connectivity index (χ4v) is 1.83. The van der Waals surface area contributed by atoms with Crippen LogP contribution in [0.25, 0.3) is 0 Å². The van der Waals surface area contributed by atoms with Crippen molar-refractivity contribution in [2.45, 2.75) is 34.1 Å². The van der Waals surface area contributed by atoms with Gasteiger partial charge in [-0.3, -0.25) is 4.79 Å². The summed E-state index contributed by atoms with van der Waals surface area (Å²) < 4.78 is 4.75. The number of carbonyl (C=O) groups is 1. The smallest absolute Gasteiger partial charge is 0.312 e. The minimum atomic E-state index is -0.423. The lowest BCUT2D eigenvalue weighted by Crippen LogP contribution is -2.37. The molecule has 88 valence electrons. The quantitative estimate of drug-likeness (QED) is 0.708. The lowest BCUT2D eigenvalue weighted by Gasteiger charge is -2.22. The molecule has 0 aliphatic heterocycles. The van der Waals surface area contributed by atoms with E-state index in [2.05, 4.69) is 19.2 Å². The van der Waals surface area contributed by atoms with Gasteiger partial charge in [0.2, 0.25) is 0 Å². The molecule has 1 aliphatic rings. The molecule has 0 amide bonds. The van der Waals surface area contributed by atoms with Gasteiger partial charge in [-0.25, -0.2) is 0 Å². The lowest BCUT2D eigenvalue weighted by molar-refractivity contribution is -0.150. The van der Waals surface area contributed by atoms with E-state index in [1.54, 1.807) is 0 Å². The lowest BCUT2D eigenvalue weighted by atomic mass is 9.93. The number of esters is 1. The van der Waals surface area contributed by atoms with Gasteiger partial charge in [0, 0.05) is 6.54 Å². The van der Waals surface area contributed by atoms with Gasteiger partial charge in [-0.2, -0.15) is 0 Å². The number of hydrogen-bond donors (Lipinski definition) is 1. The molecule has 1 fully saturated rings. The summed E-state index contributed by atoms with van der Waals surface area (Å²) in [5.41, 5.74) is 0.0796. The summed E-state index contributed by atoms with van der Waals surface area (Å²) in [4.78, 5) is 11.4. The Kier molecular flexibility index (Phi) is 3.44. The minimum Gasteiger partial charge on any atom is -0.469 e. The third kappa shape index (κ3) is 3.20. The van der Waals surface area contributed by atoms with Crippen molar-refractivity contribution >= 4 is 5.97 Å². The topological polar surface area (TPSA) is 38.3 Å². The van der Waals surface area contributed by atoms with Gasteiger partial charge >= 0.3 is 5.97 Å². The summed E-state index contributed by atoms with van der Waals surface area (Å²) >= 11 is 0. The third-order valence-corrected chi connectivity index (χ3v) is 3.41. The SMILES string of the molecule is COC(=O)C(C)(C)CNCC1CC1(C)C. The van der Waals surface area contributed by atoms with Gasteiger partial charge in [-0.1, -0.05) is 13.8 Å². The standard InChI is InChI=1S/C12H23NO2/c1-11(2)6-9(11)7-13-8-12(3,4)10(14)15-5/h9,13H,6-8H2,1-5H3. The average Bonchev–Trinajstić information content (AvgIpc) is 2.72. The molecule has 0 spiro atoms. The Morgan fingerprint density at radius 1 is 1.53 bits per heavy atom. The Hall–Kier alpha value is -0.570. The highest BCUT2D eigenvalue weighted by Gasteiger charge is 2.45. The molecule has 0 aromatic heterocycles. The highest BCUT2D eigenvalue weighted by atomic mass is 16.5. The molecule has 0 bridgehead atoms. The van der Waals surface area contributed by atoms with Gasteiger partial charge < -0.3 is 10.1 Å². The second-order valence-corrected chi connectivity index (χ2v) is 5.90. The van der Waals surface area contributed by atoms with Crippen molar-refractivity contribution in [2.24, 2.45) is 16.7 Å². The molecule has 15 heavy (non-hydrogen) atoms. The fourth-order valence-electron chi connectivity index (χ4n) is 1.83. The van der Waals surface area contributed by atoms with Crippen LogP contribution in [0.3, 0.4) is 0 Å². The van der Waals surface area contributed by atoms with Crippen LogP contribution in [0.4, 0.5) is 0 Å². The predicted octanol–water partition coefficient (Wildman–Crippen LogP) is 1.82. The molecule has 1 saturated carbocycles. The van der Waals surface area contributed by atoms with E-state index in [9.17, 15) is 4.79 Å². The number of rotatable bonds is 5. The van der Waals surface area contributed by atoms with Crippen LogP contribution in [0.15, 0.2) is 0 Å². The van der Waals surface area contributed by atoms with Crippen molar-refractivity contribution in [2.75, 3.05) is 20.2 Å². The van der Waals surface area contributed by atoms with Crippen molar-refractivity contribution in [1.82, 2.24) is 5.32 Å². The third-order valence-electron chi connectivity index (χ3n) is 3.41. The van der Waals surface area contributed by atoms with Crippen LogP contribution in [0.2, 0.25) is 0 Å². The first kappa shape index (κ1) is 12.5. The first-order chi connectivity index (χ1) is 6.79. The summed E-state index contributed by atoms with van der Waals surface area (Å²) in [6.07, 6.45) is 1.29. The molecule has 1 N–H and O–H groups in total. The molecular weight excluding hydrogens is 190 g/mol. The monoisotopic (exact) mass is 213 g/mol. The number of hydrogen-bond acceptors (Lipinski definition) is 3. The average molecular weight is 213 g/mol. The zero-order valence-corrected chi connectivity index (χ0v) is 10.5. The molecule has 0 aromatic rings. The molecule has 3 nitrogen and oxygen atoms in total. The van der Waals surface area contributed by atoms with E-state index in [0.29, 0.717) is 12.0 Å². The van der Waals surface area contributed by atoms with Crippen LogP contribution in [0, 0.1) is 16.7 Å². The van der Waals surface area contributed by atoms with E-state index in [0.717, 1.165) is 12.5 Å². The summed E-state index contributed by atoms with van der Waals surface area (Å²) in [5.74, 6) is 0.621. The Morgan fingerprint density at radius 3 is 2.47 bits per heavy atom. The second-order valence-electron chi connectivity index (χ2n) is 5.90. The van der Waals surface area contributed by atoms with E-state index >= 15 is 0 Å². The molecule has 0 aromatic carbocycles. The number of nitrogens with one attached hydrogen (secondary N) is 1. The van der Waals surface area contributed by atoms with E-state index in [1.807, 2.05) is 13.8 Å². The second kappa shape index (κ2) is 4.12. The Morgan fingerprint density at radius 2 is 2.07 bits per heavy atom. The van der Waals surface area contributed by atoms with Crippen LogP contribution in [0.1, 0.15) is 34.1 Å². The van der Waals surface area contributed by atoms with Gasteiger partial charge in [0.25, 0.3) is 0 Å². The maximum absolute atomic E-state index is 11.4. The number of ether oxygens (including phenoxy) is 1. The zero-order chi connectivity index (χ0) is 11.7. The molecule has 1 atom stereocenters. The van der Waals surface area contributed by atoms with E-state index in [-0.39, 0.29) is 5.97 Å². The first-order valence-corrected chi connectivity index (χ1v) is 5.59. The molecule has 1 rings (SSSR count). The summed E-state index contributed by atoms with van der Waals surface area (Å²) in [5, 5.41) is 3.36. The van der Waals surface area contributed by atoms with Crippen molar-refractivity contribution in [3.8, 4) is 0 Å². The highest BCUT2D eigenvalue weighted by molar-refractivity contribution is 5.76. The summed E-state index contributed by atoms with van der Waals surface area (Å²) in [7, 11) is 1.44. The maximum atomic E-state index is 11.4. The van der Waals surface area contributed by atoms with Gasteiger partial charge in [0.15, 0.2) is 0 Å². The molecular formula is C12H23NO2. The Labute approximate surface area is 92.6 Å². The molecule has 1 aliphatic carbocycles. The van der Waals surface area contributed by atoms with Crippen molar-refractivity contribution in [3.63, 3.8) is 0 Å². The minimum absolute atomic E-state index is 0.148. The van der Waals surface area contributed by atoms with Crippen molar-refractivity contribution in [1.29, 1.82) is 0 Å². The predicted molar refractivity (Wildman–Crippen MR) is 60.6 cm³/mol. The molecule has 0 radical (unpaired) electrons. The Balaban J connectivity index is 2.22. The zero-order valence-electron chi connectivity index (χ0n) is 10.5. The number of carbonyl (C=O) groups excluding carboxylic acids is 1. The van der Waals surface area contributed by atoms with Crippen LogP contribution in [-0.2, 0) is 9.53 Å². The van der Waals surface area contributed by atoms with Crippen molar-refractivity contribution in [3.05, 3.63) is 0 Å². The molecule has 0 saturated heterocycles. The molecule has 0 heterocycles. The normalized spacial score (nSPS) is 23.7.